The van der Waals surface area contributed by atoms with Crippen molar-refractivity contribution in [3.63, 3.8) is 0 Å². The van der Waals surface area contributed by atoms with Crippen molar-refractivity contribution in [1.82, 2.24) is 10.2 Å². The van der Waals surface area contributed by atoms with E-state index in [9.17, 15) is 15.2 Å². The van der Waals surface area contributed by atoms with E-state index in [2.05, 4.69) is 29.0 Å². The van der Waals surface area contributed by atoms with Gasteiger partial charge in [0.25, 0.3) is 0 Å². The quantitative estimate of drug-likeness (QED) is 0.422. The molecule has 0 aromatic heterocycles. The number of aliphatic hydroxyl groups is 1. The highest BCUT2D eigenvalue weighted by molar-refractivity contribution is 5.98. The number of rotatable bonds is 8. The van der Waals surface area contributed by atoms with Gasteiger partial charge >= 0.3 is 0 Å². The van der Waals surface area contributed by atoms with Crippen molar-refractivity contribution < 1.29 is 19.4 Å². The number of nitriles is 1. The monoisotopic (exact) mass is 502 g/mol. The highest BCUT2D eigenvalue weighted by atomic mass is 16.5. The molecule has 2 atom stereocenters. The fourth-order valence-electron chi connectivity index (χ4n) is 4.95. The Labute approximate surface area is 218 Å². The number of amides is 1. The number of aliphatic hydroxyl groups excluding tert-OH is 1. The molecule has 2 aromatic rings. The van der Waals surface area contributed by atoms with Crippen molar-refractivity contribution in [1.29, 1.82) is 5.26 Å². The second kappa shape index (κ2) is 11.6. The number of aliphatic imine (C=N–C) groups is 1. The van der Waals surface area contributed by atoms with Gasteiger partial charge < -0.3 is 24.8 Å². The van der Waals surface area contributed by atoms with Crippen LogP contribution >= 0.6 is 0 Å². The number of ether oxygens (including phenoxy) is 2. The molecule has 8 heteroatoms. The SMILES string of the molecule is C=C(N=C(OC)c1ccc(OC(C)C)c(C#N)c1)c1cccc2c1CCC2NCC(=O)N1CCC(O)C1. The Morgan fingerprint density at radius 2 is 2.14 bits per heavy atom. The Bertz CT molecular complexity index is 1250. The minimum absolute atomic E-state index is 0.0152. The minimum atomic E-state index is -0.417. The zero-order valence-corrected chi connectivity index (χ0v) is 21.7. The lowest BCUT2D eigenvalue weighted by Gasteiger charge is -2.19. The average molecular weight is 503 g/mol. The molecule has 37 heavy (non-hydrogen) atoms. The van der Waals surface area contributed by atoms with E-state index in [-0.39, 0.29) is 24.6 Å². The Balaban J connectivity index is 1.50. The van der Waals surface area contributed by atoms with Crippen molar-refractivity contribution in [3.8, 4) is 11.8 Å². The molecule has 1 saturated heterocycles. The van der Waals surface area contributed by atoms with E-state index < -0.39 is 6.10 Å². The van der Waals surface area contributed by atoms with Crippen LogP contribution in [0, 0.1) is 11.3 Å². The molecule has 1 aliphatic heterocycles. The van der Waals surface area contributed by atoms with Gasteiger partial charge in [-0.25, -0.2) is 4.99 Å². The molecular weight excluding hydrogens is 468 g/mol. The molecule has 4 rings (SSSR count). The number of likely N-dealkylation sites (tertiary alicyclic amines) is 1. The summed E-state index contributed by atoms with van der Waals surface area (Å²) in [6.07, 6.45) is 1.90. The van der Waals surface area contributed by atoms with E-state index in [1.165, 1.54) is 0 Å². The predicted octanol–water partition coefficient (Wildman–Crippen LogP) is 3.58. The summed E-state index contributed by atoms with van der Waals surface area (Å²) in [5, 5.41) is 22.7. The van der Waals surface area contributed by atoms with Crippen LogP contribution in [-0.2, 0) is 16.0 Å². The number of carbonyl (C=O) groups excluding carboxylic acids is 1. The van der Waals surface area contributed by atoms with E-state index in [1.807, 2.05) is 32.0 Å². The van der Waals surface area contributed by atoms with Crippen molar-refractivity contribution in [2.45, 2.75) is 51.4 Å². The van der Waals surface area contributed by atoms with Crippen LogP contribution in [0.1, 0.15) is 60.5 Å². The number of nitrogens with zero attached hydrogens (tertiary/aromatic N) is 3. The molecule has 0 saturated carbocycles. The Morgan fingerprint density at radius 3 is 2.81 bits per heavy atom. The van der Waals surface area contributed by atoms with E-state index in [0.29, 0.717) is 48.0 Å². The average Bonchev–Trinajstić information content (AvgIpc) is 3.51. The first kappa shape index (κ1) is 26.4. The van der Waals surface area contributed by atoms with Crippen LogP contribution in [-0.4, -0.2) is 60.8 Å². The smallest absolute Gasteiger partial charge is 0.236 e. The standard InChI is InChI=1S/C29H34N4O4/c1-18(2)37-27-11-8-20(14-21(27)15-30)29(36-4)32-19(3)23-6-5-7-25-24(23)9-10-26(25)31-16-28(35)33-13-12-22(34)17-33/h5-8,11,14,18,22,26,31,34H,3,9-10,12-13,16-17H2,1-2,4H3. The van der Waals surface area contributed by atoms with Gasteiger partial charge in [-0.15, -0.1) is 0 Å². The third kappa shape index (κ3) is 6.01. The third-order valence-electron chi connectivity index (χ3n) is 6.74. The number of nitrogens with one attached hydrogen (secondary N) is 1. The van der Waals surface area contributed by atoms with Gasteiger partial charge in [0.15, 0.2) is 0 Å². The Morgan fingerprint density at radius 1 is 1.32 bits per heavy atom. The molecule has 0 bridgehead atoms. The number of hydrogen-bond donors (Lipinski definition) is 2. The van der Waals surface area contributed by atoms with Crippen LogP contribution in [0.25, 0.3) is 5.70 Å². The van der Waals surface area contributed by atoms with Gasteiger partial charge in [-0.1, -0.05) is 24.8 Å². The molecule has 194 valence electrons. The summed E-state index contributed by atoms with van der Waals surface area (Å²) in [5.74, 6) is 0.900. The molecule has 2 unspecified atom stereocenters. The van der Waals surface area contributed by atoms with Crippen LogP contribution in [0.15, 0.2) is 48.0 Å². The van der Waals surface area contributed by atoms with Gasteiger partial charge in [0.1, 0.15) is 11.8 Å². The molecule has 0 spiro atoms. The summed E-state index contributed by atoms with van der Waals surface area (Å²) in [6, 6.07) is 13.6. The predicted molar refractivity (Wildman–Crippen MR) is 142 cm³/mol. The first-order valence-electron chi connectivity index (χ1n) is 12.6. The van der Waals surface area contributed by atoms with Gasteiger partial charge in [0, 0.05) is 30.3 Å². The summed E-state index contributed by atoms with van der Waals surface area (Å²) < 4.78 is 11.3. The second-order valence-corrected chi connectivity index (χ2v) is 9.68. The van der Waals surface area contributed by atoms with Crippen molar-refractivity contribution >= 4 is 17.5 Å². The number of carbonyl (C=O) groups is 1. The molecule has 2 aromatic carbocycles. The van der Waals surface area contributed by atoms with E-state index in [1.54, 1.807) is 24.1 Å². The van der Waals surface area contributed by atoms with Gasteiger partial charge in [-0.2, -0.15) is 5.26 Å². The van der Waals surface area contributed by atoms with Crippen LogP contribution in [0.3, 0.4) is 0 Å². The Hall–Kier alpha value is -3.67. The number of hydrogen-bond acceptors (Lipinski definition) is 7. The van der Waals surface area contributed by atoms with Gasteiger partial charge in [-0.05, 0) is 62.4 Å². The van der Waals surface area contributed by atoms with Crippen LogP contribution < -0.4 is 10.1 Å². The third-order valence-corrected chi connectivity index (χ3v) is 6.74. The fourth-order valence-corrected chi connectivity index (χ4v) is 4.95. The zero-order valence-electron chi connectivity index (χ0n) is 21.7. The van der Waals surface area contributed by atoms with Gasteiger partial charge in [0.05, 0.1) is 37.1 Å². The molecule has 8 nitrogen and oxygen atoms in total. The molecule has 1 aliphatic carbocycles. The van der Waals surface area contributed by atoms with Crippen molar-refractivity contribution in [2.75, 3.05) is 26.7 Å². The van der Waals surface area contributed by atoms with Crippen LogP contribution in [0.5, 0.6) is 5.75 Å². The summed E-state index contributed by atoms with van der Waals surface area (Å²) in [7, 11) is 1.54. The second-order valence-electron chi connectivity index (χ2n) is 9.68. The molecular formula is C29H34N4O4. The molecule has 1 heterocycles. The van der Waals surface area contributed by atoms with Gasteiger partial charge in [-0.3, -0.25) is 4.79 Å². The largest absolute Gasteiger partial charge is 0.490 e. The maximum atomic E-state index is 12.5. The lowest BCUT2D eigenvalue weighted by molar-refractivity contribution is -0.129. The summed E-state index contributed by atoms with van der Waals surface area (Å²) in [5.41, 5.74) is 4.88. The molecule has 0 radical (unpaired) electrons. The van der Waals surface area contributed by atoms with Crippen LogP contribution in [0.4, 0.5) is 0 Å². The van der Waals surface area contributed by atoms with Crippen molar-refractivity contribution in [3.05, 3.63) is 70.8 Å². The molecule has 1 fully saturated rings. The molecule has 2 N–H and O–H groups in total. The minimum Gasteiger partial charge on any atom is -0.490 e. The number of β-amino-alcohol motifs (C(OH)–C–C–N with tert-alkyl or cyclic N) is 1. The topological polar surface area (TPSA) is 107 Å². The summed E-state index contributed by atoms with van der Waals surface area (Å²) >= 11 is 0. The molecule has 2 aliphatic rings. The Kier molecular flexibility index (Phi) is 8.27. The number of methoxy groups -OCH3 is 1. The maximum Gasteiger partial charge on any atom is 0.236 e. The highest BCUT2D eigenvalue weighted by Crippen LogP contribution is 2.36. The zero-order chi connectivity index (χ0) is 26.5. The lowest BCUT2D eigenvalue weighted by atomic mass is 10.0. The first-order valence-corrected chi connectivity index (χ1v) is 12.6. The fraction of sp³-hybridized carbons (Fsp3) is 0.414. The number of fused-ring (bicyclic) bond motifs is 1. The summed E-state index contributed by atoms with van der Waals surface area (Å²) in [6.45, 7) is 9.30. The van der Waals surface area contributed by atoms with E-state index in [0.717, 1.165) is 29.5 Å². The van der Waals surface area contributed by atoms with E-state index in [4.69, 9.17) is 9.47 Å². The lowest BCUT2D eigenvalue weighted by Crippen LogP contribution is -2.38. The first-order chi connectivity index (χ1) is 17.8. The van der Waals surface area contributed by atoms with Gasteiger partial charge in [0.2, 0.25) is 11.8 Å². The van der Waals surface area contributed by atoms with E-state index >= 15 is 0 Å². The highest BCUT2D eigenvalue weighted by Gasteiger charge is 2.28. The van der Waals surface area contributed by atoms with Crippen LogP contribution in [0.2, 0.25) is 0 Å². The van der Waals surface area contributed by atoms with Crippen molar-refractivity contribution in [2.24, 2.45) is 4.99 Å². The molecule has 1 amide bonds. The number of benzene rings is 2. The maximum absolute atomic E-state index is 12.5. The summed E-state index contributed by atoms with van der Waals surface area (Å²) in [4.78, 5) is 18.9. The normalized spacial score (nSPS) is 19.0.